The third-order valence-corrected chi connectivity index (χ3v) is 5.33. The summed E-state index contributed by atoms with van der Waals surface area (Å²) in [6.45, 7) is 2.02. The number of nitrogens with zero attached hydrogens (tertiary/aromatic N) is 4. The van der Waals surface area contributed by atoms with Crippen LogP contribution >= 0.6 is 0 Å². The van der Waals surface area contributed by atoms with Crippen molar-refractivity contribution in [1.29, 1.82) is 0 Å². The average molecular weight is 374 g/mol. The largest absolute Gasteiger partial charge is 0.496 e. The topological polar surface area (TPSA) is 80.6 Å². The SMILES string of the molecule is COc1cc(-c2nc(Nc3ccc4[nH]ncc4c3C3CC3)n(C)n2)ccc1C. The fraction of sp³-hybridized carbons (Fsp3) is 0.286. The second kappa shape index (κ2) is 6.37. The second-order valence-electron chi connectivity index (χ2n) is 7.32. The zero-order valence-corrected chi connectivity index (χ0v) is 16.2. The van der Waals surface area contributed by atoms with Crippen LogP contribution in [0.3, 0.4) is 0 Å². The molecular formula is C21H22N6O. The lowest BCUT2D eigenvalue weighted by Gasteiger charge is -2.11. The summed E-state index contributed by atoms with van der Waals surface area (Å²) in [6, 6.07) is 10.2. The van der Waals surface area contributed by atoms with E-state index in [4.69, 9.17) is 9.72 Å². The van der Waals surface area contributed by atoms with Crippen LogP contribution in [0.2, 0.25) is 0 Å². The van der Waals surface area contributed by atoms with Gasteiger partial charge >= 0.3 is 0 Å². The molecule has 2 aromatic carbocycles. The van der Waals surface area contributed by atoms with Gasteiger partial charge in [-0.15, -0.1) is 5.10 Å². The van der Waals surface area contributed by atoms with Gasteiger partial charge in [-0.05, 0) is 55.0 Å². The van der Waals surface area contributed by atoms with Gasteiger partial charge in [0.2, 0.25) is 5.95 Å². The molecule has 5 rings (SSSR count). The molecule has 0 atom stereocenters. The van der Waals surface area contributed by atoms with E-state index in [-0.39, 0.29) is 0 Å². The highest BCUT2D eigenvalue weighted by Crippen LogP contribution is 2.47. The molecule has 0 saturated heterocycles. The molecule has 2 aromatic heterocycles. The Morgan fingerprint density at radius 1 is 1.21 bits per heavy atom. The number of aromatic nitrogens is 5. The Kier molecular flexibility index (Phi) is 3.82. The Morgan fingerprint density at radius 3 is 2.86 bits per heavy atom. The van der Waals surface area contributed by atoms with Gasteiger partial charge in [0.05, 0.1) is 18.8 Å². The average Bonchev–Trinajstić information content (AvgIpc) is 3.30. The van der Waals surface area contributed by atoms with E-state index in [1.54, 1.807) is 11.8 Å². The number of aromatic amines is 1. The van der Waals surface area contributed by atoms with Crippen molar-refractivity contribution in [2.75, 3.05) is 12.4 Å². The monoisotopic (exact) mass is 374 g/mol. The van der Waals surface area contributed by atoms with Gasteiger partial charge in [-0.3, -0.25) is 5.10 Å². The summed E-state index contributed by atoms with van der Waals surface area (Å²) in [5.41, 5.74) is 5.47. The predicted octanol–water partition coefficient (Wildman–Crippen LogP) is 4.30. The lowest BCUT2D eigenvalue weighted by molar-refractivity contribution is 0.412. The number of H-pyrrole nitrogens is 1. The molecule has 0 aliphatic heterocycles. The third kappa shape index (κ3) is 2.79. The van der Waals surface area contributed by atoms with Crippen LogP contribution < -0.4 is 10.1 Å². The molecule has 7 heteroatoms. The molecule has 1 saturated carbocycles. The van der Waals surface area contributed by atoms with Crippen molar-refractivity contribution >= 4 is 22.5 Å². The number of benzene rings is 2. The molecule has 0 radical (unpaired) electrons. The molecule has 0 bridgehead atoms. The number of anilines is 2. The smallest absolute Gasteiger partial charge is 0.225 e. The molecule has 28 heavy (non-hydrogen) atoms. The summed E-state index contributed by atoms with van der Waals surface area (Å²) in [4.78, 5) is 4.73. The Morgan fingerprint density at radius 2 is 2.07 bits per heavy atom. The Labute approximate surface area is 162 Å². The molecule has 1 fully saturated rings. The molecule has 0 spiro atoms. The van der Waals surface area contributed by atoms with Gasteiger partial charge in [0, 0.05) is 23.7 Å². The highest BCUT2D eigenvalue weighted by Gasteiger charge is 2.29. The fourth-order valence-electron chi connectivity index (χ4n) is 3.66. The molecule has 4 aromatic rings. The standard InChI is InChI=1S/C21H22N6O/c1-12-4-5-14(10-18(12)28-3)20-24-21(27(2)26-20)23-17-9-8-16-15(11-22-25-16)19(17)13-6-7-13/h4-5,8-11,13H,6-7H2,1-3H3,(H,22,25)(H,23,24,26). The van der Waals surface area contributed by atoms with Gasteiger partial charge in [-0.25, -0.2) is 4.68 Å². The van der Waals surface area contributed by atoms with Gasteiger partial charge in [0.1, 0.15) is 5.75 Å². The molecule has 0 amide bonds. The molecule has 7 nitrogen and oxygen atoms in total. The van der Waals surface area contributed by atoms with Gasteiger partial charge in [-0.2, -0.15) is 10.1 Å². The number of hydrogen-bond donors (Lipinski definition) is 2. The normalized spacial score (nSPS) is 13.8. The molecule has 1 aliphatic rings. The maximum Gasteiger partial charge on any atom is 0.225 e. The van der Waals surface area contributed by atoms with Crippen LogP contribution in [-0.4, -0.2) is 32.1 Å². The maximum atomic E-state index is 5.44. The van der Waals surface area contributed by atoms with E-state index in [2.05, 4.69) is 32.7 Å². The number of methoxy groups -OCH3 is 1. The van der Waals surface area contributed by atoms with Crippen LogP contribution in [0.4, 0.5) is 11.6 Å². The van der Waals surface area contributed by atoms with E-state index in [9.17, 15) is 0 Å². The molecular weight excluding hydrogens is 352 g/mol. The van der Waals surface area contributed by atoms with Crippen molar-refractivity contribution in [3.63, 3.8) is 0 Å². The lowest BCUT2D eigenvalue weighted by Crippen LogP contribution is -2.02. The maximum absolute atomic E-state index is 5.44. The summed E-state index contributed by atoms with van der Waals surface area (Å²) in [6.07, 6.45) is 4.34. The second-order valence-corrected chi connectivity index (χ2v) is 7.32. The summed E-state index contributed by atoms with van der Waals surface area (Å²) < 4.78 is 7.21. The van der Waals surface area contributed by atoms with E-state index in [1.807, 2.05) is 38.4 Å². The van der Waals surface area contributed by atoms with Crippen LogP contribution in [0, 0.1) is 6.92 Å². The molecule has 1 aliphatic carbocycles. The minimum absolute atomic E-state index is 0.581. The summed E-state index contributed by atoms with van der Waals surface area (Å²) in [5, 5.41) is 16.5. The highest BCUT2D eigenvalue weighted by atomic mass is 16.5. The summed E-state index contributed by atoms with van der Waals surface area (Å²) in [7, 11) is 3.58. The van der Waals surface area contributed by atoms with Crippen molar-refractivity contribution in [3.8, 4) is 17.1 Å². The number of aryl methyl sites for hydroxylation is 2. The first-order valence-corrected chi connectivity index (χ1v) is 9.43. The summed E-state index contributed by atoms with van der Waals surface area (Å²) in [5.74, 6) is 2.79. The molecule has 142 valence electrons. The minimum atomic E-state index is 0.581. The molecule has 0 unspecified atom stereocenters. The highest BCUT2D eigenvalue weighted by molar-refractivity contribution is 5.89. The Bertz CT molecular complexity index is 1170. The van der Waals surface area contributed by atoms with Gasteiger partial charge in [0.25, 0.3) is 0 Å². The first kappa shape index (κ1) is 16.8. The van der Waals surface area contributed by atoms with E-state index in [0.29, 0.717) is 17.7 Å². The van der Waals surface area contributed by atoms with Crippen molar-refractivity contribution < 1.29 is 4.74 Å². The van der Waals surface area contributed by atoms with Crippen LogP contribution in [0.25, 0.3) is 22.3 Å². The summed E-state index contributed by atoms with van der Waals surface area (Å²) >= 11 is 0. The predicted molar refractivity (Wildman–Crippen MR) is 109 cm³/mol. The molecule has 2 heterocycles. The number of fused-ring (bicyclic) bond motifs is 1. The quantitative estimate of drug-likeness (QED) is 0.544. The van der Waals surface area contributed by atoms with Crippen LogP contribution in [0.15, 0.2) is 36.5 Å². The Hall–Kier alpha value is -3.35. The number of nitrogens with one attached hydrogen (secondary N) is 2. The van der Waals surface area contributed by atoms with Crippen LogP contribution in [-0.2, 0) is 7.05 Å². The van der Waals surface area contributed by atoms with E-state index < -0.39 is 0 Å². The van der Waals surface area contributed by atoms with Gasteiger partial charge in [0.15, 0.2) is 5.82 Å². The van der Waals surface area contributed by atoms with Crippen molar-refractivity contribution in [3.05, 3.63) is 47.7 Å². The first-order chi connectivity index (χ1) is 13.6. The van der Waals surface area contributed by atoms with Crippen LogP contribution in [0.5, 0.6) is 5.75 Å². The van der Waals surface area contributed by atoms with Crippen molar-refractivity contribution in [1.82, 2.24) is 25.0 Å². The van der Waals surface area contributed by atoms with E-state index >= 15 is 0 Å². The van der Waals surface area contributed by atoms with Gasteiger partial charge in [-0.1, -0.05) is 12.1 Å². The van der Waals surface area contributed by atoms with Crippen molar-refractivity contribution in [2.45, 2.75) is 25.7 Å². The zero-order chi connectivity index (χ0) is 19.3. The number of hydrogen-bond acceptors (Lipinski definition) is 5. The Balaban J connectivity index is 1.52. The molecule has 2 N–H and O–H groups in total. The first-order valence-electron chi connectivity index (χ1n) is 9.43. The van der Waals surface area contributed by atoms with Gasteiger partial charge < -0.3 is 10.1 Å². The third-order valence-electron chi connectivity index (χ3n) is 5.33. The lowest BCUT2D eigenvalue weighted by atomic mass is 10.0. The minimum Gasteiger partial charge on any atom is -0.496 e. The number of ether oxygens (including phenoxy) is 1. The van der Waals surface area contributed by atoms with Crippen molar-refractivity contribution in [2.24, 2.45) is 7.05 Å². The van der Waals surface area contributed by atoms with E-state index in [1.165, 1.54) is 23.8 Å². The number of rotatable bonds is 5. The van der Waals surface area contributed by atoms with E-state index in [0.717, 1.165) is 28.1 Å². The van der Waals surface area contributed by atoms with Crippen LogP contribution in [0.1, 0.15) is 29.9 Å². The zero-order valence-electron chi connectivity index (χ0n) is 16.2. The fourth-order valence-corrected chi connectivity index (χ4v) is 3.66.